The highest BCUT2D eigenvalue weighted by Gasteiger charge is 2.34. The van der Waals surface area contributed by atoms with Crippen molar-refractivity contribution in [3.05, 3.63) is 69.1 Å². The molecule has 35 heavy (non-hydrogen) atoms. The second-order valence-corrected chi connectivity index (χ2v) is 8.07. The Morgan fingerprint density at radius 3 is 2.74 bits per heavy atom. The topological polar surface area (TPSA) is 156 Å². The summed E-state index contributed by atoms with van der Waals surface area (Å²) in [7, 11) is 3.31. The van der Waals surface area contributed by atoms with Gasteiger partial charge in [-0.05, 0) is 31.0 Å². The Morgan fingerprint density at radius 2 is 2.03 bits per heavy atom. The SMILES string of the molecule is CNc1cc(Nc2cccn(-c3cccc(=O)[nH]3)c2=O)nc2c(C(=O)N[C@@H]3CC[C@H]3OC)onc12. The first-order valence-electron chi connectivity index (χ1n) is 11.0. The first kappa shape index (κ1) is 22.3. The van der Waals surface area contributed by atoms with Gasteiger partial charge in [-0.15, -0.1) is 0 Å². The molecule has 1 saturated carbocycles. The molecule has 0 aromatic carbocycles. The number of nitrogens with zero attached hydrogens (tertiary/aromatic N) is 3. The van der Waals surface area contributed by atoms with E-state index in [2.05, 4.69) is 31.1 Å². The Labute approximate surface area is 198 Å². The quantitative estimate of drug-likeness (QED) is 0.311. The molecule has 0 saturated heterocycles. The molecule has 1 fully saturated rings. The molecule has 0 aliphatic heterocycles. The van der Waals surface area contributed by atoms with E-state index in [-0.39, 0.29) is 34.7 Å². The minimum absolute atomic E-state index is 0.0331. The molecule has 0 bridgehead atoms. The predicted molar refractivity (Wildman–Crippen MR) is 129 cm³/mol. The number of nitrogens with one attached hydrogen (secondary N) is 4. The highest BCUT2D eigenvalue weighted by molar-refractivity contribution is 6.05. The van der Waals surface area contributed by atoms with E-state index in [0.29, 0.717) is 22.8 Å². The predicted octanol–water partition coefficient (Wildman–Crippen LogP) is 1.75. The van der Waals surface area contributed by atoms with Crippen LogP contribution in [0, 0.1) is 0 Å². The first-order valence-corrected chi connectivity index (χ1v) is 11.0. The van der Waals surface area contributed by atoms with Crippen LogP contribution in [0.15, 0.2) is 56.7 Å². The summed E-state index contributed by atoms with van der Waals surface area (Å²) >= 11 is 0. The van der Waals surface area contributed by atoms with Crippen LogP contribution >= 0.6 is 0 Å². The second kappa shape index (κ2) is 9.06. The van der Waals surface area contributed by atoms with E-state index in [1.54, 1.807) is 50.7 Å². The van der Waals surface area contributed by atoms with E-state index in [9.17, 15) is 14.4 Å². The highest BCUT2D eigenvalue weighted by atomic mass is 16.5. The van der Waals surface area contributed by atoms with Gasteiger partial charge in [-0.25, -0.2) is 4.98 Å². The zero-order valence-corrected chi connectivity index (χ0v) is 19.0. The zero-order valence-electron chi connectivity index (χ0n) is 19.0. The van der Waals surface area contributed by atoms with Crippen molar-refractivity contribution in [2.75, 3.05) is 24.8 Å². The molecular formula is C23H23N7O5. The molecule has 4 N–H and O–H groups in total. The van der Waals surface area contributed by atoms with Crippen molar-refractivity contribution >= 4 is 34.1 Å². The number of H-pyrrole nitrogens is 1. The van der Waals surface area contributed by atoms with Crippen LogP contribution in [0.4, 0.5) is 17.2 Å². The normalized spacial score (nSPS) is 17.1. The third-order valence-electron chi connectivity index (χ3n) is 5.96. The molecule has 12 nitrogen and oxygen atoms in total. The van der Waals surface area contributed by atoms with Crippen molar-refractivity contribution in [2.45, 2.75) is 25.0 Å². The lowest BCUT2D eigenvalue weighted by Gasteiger charge is -2.35. The highest BCUT2D eigenvalue weighted by Crippen LogP contribution is 2.29. The Morgan fingerprint density at radius 1 is 1.17 bits per heavy atom. The fourth-order valence-electron chi connectivity index (χ4n) is 3.97. The average Bonchev–Trinajstić information content (AvgIpc) is 3.27. The first-order chi connectivity index (χ1) is 17.0. The number of hydrogen-bond donors (Lipinski definition) is 4. The van der Waals surface area contributed by atoms with E-state index < -0.39 is 11.5 Å². The van der Waals surface area contributed by atoms with Crippen molar-refractivity contribution in [2.24, 2.45) is 0 Å². The van der Waals surface area contributed by atoms with Crippen molar-refractivity contribution in [3.8, 4) is 5.82 Å². The van der Waals surface area contributed by atoms with E-state index in [1.165, 1.54) is 10.6 Å². The maximum Gasteiger partial charge on any atom is 0.292 e. The number of anilines is 3. The van der Waals surface area contributed by atoms with E-state index in [1.807, 2.05) is 0 Å². The number of methoxy groups -OCH3 is 1. The van der Waals surface area contributed by atoms with Gasteiger partial charge in [-0.2, -0.15) is 0 Å². The lowest BCUT2D eigenvalue weighted by atomic mass is 9.89. The molecule has 4 heterocycles. The van der Waals surface area contributed by atoms with Crippen LogP contribution in [0.5, 0.6) is 0 Å². The third-order valence-corrected chi connectivity index (χ3v) is 5.96. The molecule has 2 atom stereocenters. The Bertz CT molecular complexity index is 1520. The molecule has 1 aliphatic carbocycles. The van der Waals surface area contributed by atoms with Gasteiger partial charge in [0.1, 0.15) is 22.8 Å². The monoisotopic (exact) mass is 477 g/mol. The maximum absolute atomic E-state index is 13.1. The molecule has 4 aromatic rings. The van der Waals surface area contributed by atoms with Crippen LogP contribution in [0.1, 0.15) is 23.4 Å². The van der Waals surface area contributed by atoms with Crippen molar-refractivity contribution in [3.63, 3.8) is 0 Å². The Balaban J connectivity index is 1.49. The molecular weight excluding hydrogens is 454 g/mol. The third kappa shape index (κ3) is 4.15. The summed E-state index contributed by atoms with van der Waals surface area (Å²) in [6, 6.07) is 9.34. The summed E-state index contributed by atoms with van der Waals surface area (Å²) < 4.78 is 12.0. The molecule has 180 valence electrons. The smallest absolute Gasteiger partial charge is 0.292 e. The molecule has 12 heteroatoms. The molecule has 1 amide bonds. The number of ether oxygens (including phenoxy) is 1. The average molecular weight is 477 g/mol. The van der Waals surface area contributed by atoms with Gasteiger partial charge in [0.25, 0.3) is 11.5 Å². The summed E-state index contributed by atoms with van der Waals surface area (Å²) in [6.07, 6.45) is 3.20. The standard InChI is InChI=1S/C23H23N7O5/c1-24-14-11-16(25-13-5-4-10-30(23(13)33)17-6-3-7-18(31)28-17)27-20-19(14)29-35-21(20)22(32)26-12-8-9-15(12)34-2/h3-7,10-12,15,24H,8-9H2,1-2H3,(H,25,27)(H,26,32)(H,28,31)/t12-,15-/m1/s1. The second-order valence-electron chi connectivity index (χ2n) is 8.07. The minimum atomic E-state index is -0.443. The van der Waals surface area contributed by atoms with Crippen molar-refractivity contribution < 1.29 is 14.1 Å². The largest absolute Gasteiger partial charge is 0.386 e. The molecule has 1 aliphatic rings. The number of fused-ring (bicyclic) bond motifs is 1. The summed E-state index contributed by atoms with van der Waals surface area (Å²) in [6.45, 7) is 0. The van der Waals surface area contributed by atoms with Crippen LogP contribution in [-0.2, 0) is 4.74 Å². The number of hydrogen-bond acceptors (Lipinski definition) is 9. The van der Waals surface area contributed by atoms with Gasteiger partial charge in [0.05, 0.1) is 17.8 Å². The lowest BCUT2D eigenvalue weighted by Crippen LogP contribution is -2.51. The van der Waals surface area contributed by atoms with Crippen LogP contribution in [0.3, 0.4) is 0 Å². The fraction of sp³-hybridized carbons (Fsp3) is 0.261. The van der Waals surface area contributed by atoms with Gasteiger partial charge in [0.15, 0.2) is 5.52 Å². The summed E-state index contributed by atoms with van der Waals surface area (Å²) in [5.41, 5.74) is 0.672. The van der Waals surface area contributed by atoms with Crippen LogP contribution in [0.25, 0.3) is 16.9 Å². The summed E-state index contributed by atoms with van der Waals surface area (Å²) in [4.78, 5) is 44.8. The summed E-state index contributed by atoms with van der Waals surface area (Å²) in [5, 5.41) is 12.9. The number of carbonyl (C=O) groups excluding carboxylic acids is 1. The van der Waals surface area contributed by atoms with E-state index in [0.717, 1.165) is 12.8 Å². The van der Waals surface area contributed by atoms with Crippen molar-refractivity contribution in [1.29, 1.82) is 0 Å². The van der Waals surface area contributed by atoms with Crippen LogP contribution in [-0.4, -0.2) is 51.9 Å². The van der Waals surface area contributed by atoms with Crippen LogP contribution < -0.4 is 27.1 Å². The number of aromatic amines is 1. The molecule has 0 unspecified atom stereocenters. The molecule has 0 radical (unpaired) electrons. The van der Waals surface area contributed by atoms with Gasteiger partial charge in [-0.3, -0.25) is 19.0 Å². The number of rotatable bonds is 7. The van der Waals surface area contributed by atoms with Gasteiger partial charge in [0, 0.05) is 32.5 Å². The number of carbonyl (C=O) groups is 1. The Kier molecular flexibility index (Phi) is 5.79. The summed E-state index contributed by atoms with van der Waals surface area (Å²) in [5.74, 6) is 0.151. The van der Waals surface area contributed by atoms with Gasteiger partial charge in [-0.1, -0.05) is 11.2 Å². The maximum atomic E-state index is 13.1. The lowest BCUT2D eigenvalue weighted by molar-refractivity contribution is 0.00678. The Hall–Kier alpha value is -4.45. The molecule has 0 spiro atoms. The molecule has 5 rings (SSSR count). The van der Waals surface area contributed by atoms with Gasteiger partial charge in [0.2, 0.25) is 11.3 Å². The number of pyridine rings is 3. The minimum Gasteiger partial charge on any atom is -0.386 e. The zero-order chi connectivity index (χ0) is 24.5. The number of amides is 1. The fourth-order valence-corrected chi connectivity index (χ4v) is 3.97. The van der Waals surface area contributed by atoms with E-state index in [4.69, 9.17) is 9.26 Å². The molecule has 4 aromatic heterocycles. The van der Waals surface area contributed by atoms with Crippen LogP contribution in [0.2, 0.25) is 0 Å². The van der Waals surface area contributed by atoms with Gasteiger partial charge < -0.3 is 30.2 Å². The number of aromatic nitrogens is 4. The van der Waals surface area contributed by atoms with Crippen molar-refractivity contribution in [1.82, 2.24) is 25.0 Å². The van der Waals surface area contributed by atoms with E-state index >= 15 is 0 Å². The van der Waals surface area contributed by atoms with Gasteiger partial charge >= 0.3 is 0 Å².